The smallest absolute Gasteiger partial charge is 0.410 e. The fourth-order valence-electron chi connectivity index (χ4n) is 4.77. The molecule has 0 spiro atoms. The molecule has 5 rings (SSSR count). The first-order chi connectivity index (χ1) is 20.5. The zero-order chi connectivity index (χ0) is 30.6. The van der Waals surface area contributed by atoms with Gasteiger partial charge in [-0.3, -0.25) is 15.0 Å². The maximum Gasteiger partial charge on any atom is 0.410 e. The summed E-state index contributed by atoms with van der Waals surface area (Å²) < 4.78 is 36.1. The maximum absolute atomic E-state index is 13.4. The Balaban J connectivity index is 1.22. The van der Waals surface area contributed by atoms with Crippen LogP contribution in [0.25, 0.3) is 0 Å². The SMILES string of the molecule is CC(C)(C)OC(=O)N1CCCN(Cc2cnc(NC(=O)/C(=N/O[C@@H]3CCOC3)c3ccc(S(=O)(=O)C4CC4)cc3)s2)CC1. The van der Waals surface area contributed by atoms with Crippen molar-refractivity contribution in [3.63, 3.8) is 0 Å². The molecular formula is C29H39N5O7S2. The summed E-state index contributed by atoms with van der Waals surface area (Å²) in [5.74, 6) is -0.514. The quantitative estimate of drug-likeness (QED) is 0.324. The maximum atomic E-state index is 13.4. The number of nitrogens with zero attached hydrogens (tertiary/aromatic N) is 4. The molecule has 1 saturated carbocycles. The van der Waals surface area contributed by atoms with Gasteiger partial charge in [0.25, 0.3) is 5.91 Å². The van der Waals surface area contributed by atoms with Gasteiger partial charge < -0.3 is 19.2 Å². The first-order valence-corrected chi connectivity index (χ1v) is 17.0. The van der Waals surface area contributed by atoms with Gasteiger partial charge in [-0.1, -0.05) is 17.3 Å². The third kappa shape index (κ3) is 8.52. The number of ether oxygens (including phenoxy) is 2. The average Bonchev–Trinajstić information content (AvgIpc) is 3.61. The number of oxime groups is 1. The fourth-order valence-corrected chi connectivity index (χ4v) is 7.28. The molecule has 1 N–H and O–H groups in total. The zero-order valence-corrected chi connectivity index (χ0v) is 26.4. The standard InChI is InChI=1S/C29H39N5O7S2/c1-29(2,3)40-28(36)34-13-4-12-33(14-15-34)18-22-17-30-27(42-22)31-26(35)25(32-41-21-11-16-39-19-21)20-5-7-23(8-6-20)43(37,38)24-9-10-24/h5-8,17,21,24H,4,9-16,18-19H2,1-3H3,(H,30,31,35)/b32-25+/t21-/m1/s1. The molecule has 1 aromatic heterocycles. The Labute approximate surface area is 256 Å². The number of carbonyl (C=O) groups is 2. The lowest BCUT2D eigenvalue weighted by Crippen LogP contribution is -2.39. The van der Waals surface area contributed by atoms with Crippen molar-refractivity contribution in [1.29, 1.82) is 0 Å². The molecule has 14 heteroatoms. The molecule has 234 valence electrons. The lowest BCUT2D eigenvalue weighted by atomic mass is 10.1. The lowest BCUT2D eigenvalue weighted by molar-refractivity contribution is -0.110. The average molecular weight is 634 g/mol. The van der Waals surface area contributed by atoms with Crippen molar-refractivity contribution >= 4 is 44.0 Å². The Morgan fingerprint density at radius 2 is 1.88 bits per heavy atom. The molecule has 2 amide bonds. The fraction of sp³-hybridized carbons (Fsp3) is 0.586. The minimum atomic E-state index is -3.36. The van der Waals surface area contributed by atoms with E-state index in [1.54, 1.807) is 23.2 Å². The van der Waals surface area contributed by atoms with Crippen LogP contribution in [-0.4, -0.2) is 97.3 Å². The Bertz CT molecular complexity index is 1430. The van der Waals surface area contributed by atoms with Gasteiger partial charge in [-0.05, 0) is 52.2 Å². The molecule has 3 heterocycles. The van der Waals surface area contributed by atoms with E-state index in [2.05, 4.69) is 20.4 Å². The van der Waals surface area contributed by atoms with Crippen LogP contribution in [0, 0.1) is 0 Å². The number of thiazole rings is 1. The number of hydrogen-bond acceptors (Lipinski definition) is 11. The number of nitrogens with one attached hydrogen (secondary N) is 1. The van der Waals surface area contributed by atoms with Crippen LogP contribution < -0.4 is 5.32 Å². The molecule has 2 aliphatic heterocycles. The Hall–Kier alpha value is -3.07. The second-order valence-electron chi connectivity index (χ2n) is 12.0. The number of sulfone groups is 1. The number of anilines is 1. The first kappa shape index (κ1) is 31.4. The minimum absolute atomic E-state index is 0.0220. The third-order valence-corrected chi connectivity index (χ3v) is 10.4. The van der Waals surface area contributed by atoms with Crippen LogP contribution in [0.1, 0.15) is 56.9 Å². The highest BCUT2D eigenvalue weighted by molar-refractivity contribution is 7.92. The normalized spacial score (nSPS) is 20.5. The molecule has 1 atom stereocenters. The molecule has 2 aromatic rings. The number of aromatic nitrogens is 1. The van der Waals surface area contributed by atoms with Crippen LogP contribution in [0.15, 0.2) is 40.5 Å². The molecule has 0 unspecified atom stereocenters. The van der Waals surface area contributed by atoms with Crippen molar-refractivity contribution in [2.45, 2.75) is 74.8 Å². The monoisotopic (exact) mass is 633 g/mol. The van der Waals surface area contributed by atoms with E-state index in [1.165, 1.54) is 23.5 Å². The van der Waals surface area contributed by atoms with Gasteiger partial charge in [0, 0.05) is 55.8 Å². The highest BCUT2D eigenvalue weighted by Crippen LogP contribution is 2.33. The Morgan fingerprint density at radius 1 is 1.12 bits per heavy atom. The van der Waals surface area contributed by atoms with E-state index in [9.17, 15) is 18.0 Å². The summed E-state index contributed by atoms with van der Waals surface area (Å²) in [6.07, 6.45) is 4.02. The van der Waals surface area contributed by atoms with E-state index < -0.39 is 21.3 Å². The minimum Gasteiger partial charge on any atom is -0.444 e. The summed E-state index contributed by atoms with van der Waals surface area (Å²) in [5, 5.41) is 7.08. The van der Waals surface area contributed by atoms with Crippen molar-refractivity contribution in [2.24, 2.45) is 5.16 Å². The van der Waals surface area contributed by atoms with Crippen molar-refractivity contribution in [3.05, 3.63) is 40.9 Å². The molecule has 12 nitrogen and oxygen atoms in total. The van der Waals surface area contributed by atoms with Crippen LogP contribution in [0.5, 0.6) is 0 Å². The highest BCUT2D eigenvalue weighted by Gasteiger charge is 2.37. The van der Waals surface area contributed by atoms with Gasteiger partial charge in [-0.2, -0.15) is 0 Å². The van der Waals surface area contributed by atoms with Crippen molar-refractivity contribution in [3.8, 4) is 0 Å². The number of carbonyl (C=O) groups excluding carboxylic acids is 2. The number of rotatable bonds is 9. The van der Waals surface area contributed by atoms with E-state index in [-0.39, 0.29) is 28.1 Å². The Kier molecular flexibility index (Phi) is 9.69. The first-order valence-electron chi connectivity index (χ1n) is 14.6. The van der Waals surface area contributed by atoms with Crippen LogP contribution in [0.4, 0.5) is 9.93 Å². The predicted octanol–water partition coefficient (Wildman–Crippen LogP) is 3.67. The topological polar surface area (TPSA) is 140 Å². The van der Waals surface area contributed by atoms with E-state index in [0.29, 0.717) is 69.4 Å². The molecule has 0 bridgehead atoms. The van der Waals surface area contributed by atoms with Gasteiger partial charge in [0.15, 0.2) is 26.8 Å². The van der Waals surface area contributed by atoms with Gasteiger partial charge in [0.2, 0.25) is 0 Å². The van der Waals surface area contributed by atoms with Gasteiger partial charge in [0.05, 0.1) is 23.4 Å². The molecule has 1 aromatic carbocycles. The van der Waals surface area contributed by atoms with Gasteiger partial charge in [-0.25, -0.2) is 18.2 Å². The molecule has 2 saturated heterocycles. The van der Waals surface area contributed by atoms with Gasteiger partial charge >= 0.3 is 6.09 Å². The molecule has 3 aliphatic rings. The van der Waals surface area contributed by atoms with Gasteiger partial charge in [-0.15, -0.1) is 11.3 Å². The van der Waals surface area contributed by atoms with Crippen molar-refractivity contribution < 1.29 is 32.3 Å². The number of amides is 2. The second-order valence-corrected chi connectivity index (χ2v) is 15.3. The van der Waals surface area contributed by atoms with Crippen LogP contribution in [0.3, 0.4) is 0 Å². The van der Waals surface area contributed by atoms with E-state index in [0.717, 1.165) is 17.8 Å². The molecule has 43 heavy (non-hydrogen) atoms. The van der Waals surface area contributed by atoms with Crippen molar-refractivity contribution in [2.75, 3.05) is 44.7 Å². The largest absolute Gasteiger partial charge is 0.444 e. The molecule has 1 aliphatic carbocycles. The van der Waals surface area contributed by atoms with E-state index in [1.807, 2.05) is 20.8 Å². The summed E-state index contributed by atoms with van der Waals surface area (Å²) in [5.41, 5.74) is -0.0790. The third-order valence-electron chi connectivity index (χ3n) is 7.21. The summed E-state index contributed by atoms with van der Waals surface area (Å²) in [6, 6.07) is 6.18. The van der Waals surface area contributed by atoms with Crippen molar-refractivity contribution in [1.82, 2.24) is 14.8 Å². The highest BCUT2D eigenvalue weighted by atomic mass is 32.2. The molecule has 3 fully saturated rings. The summed E-state index contributed by atoms with van der Waals surface area (Å²) in [4.78, 5) is 41.1. The van der Waals surface area contributed by atoms with E-state index in [4.69, 9.17) is 14.3 Å². The lowest BCUT2D eigenvalue weighted by Gasteiger charge is -2.26. The number of hydrogen-bond donors (Lipinski definition) is 1. The Morgan fingerprint density at radius 3 is 2.56 bits per heavy atom. The van der Waals surface area contributed by atoms with Crippen LogP contribution in [0.2, 0.25) is 0 Å². The zero-order valence-electron chi connectivity index (χ0n) is 24.8. The predicted molar refractivity (Wildman–Crippen MR) is 162 cm³/mol. The van der Waals surface area contributed by atoms with Crippen LogP contribution >= 0.6 is 11.3 Å². The summed E-state index contributed by atoms with van der Waals surface area (Å²) in [7, 11) is -3.36. The molecule has 0 radical (unpaired) electrons. The number of benzene rings is 1. The summed E-state index contributed by atoms with van der Waals surface area (Å²) >= 11 is 1.36. The van der Waals surface area contributed by atoms with Gasteiger partial charge in [0.1, 0.15) is 5.60 Å². The summed E-state index contributed by atoms with van der Waals surface area (Å²) in [6.45, 7) is 9.91. The van der Waals surface area contributed by atoms with Crippen LogP contribution in [-0.2, 0) is 35.5 Å². The second kappa shape index (κ2) is 13.3. The molecular weight excluding hydrogens is 594 g/mol. The van der Waals surface area contributed by atoms with E-state index >= 15 is 0 Å².